The van der Waals surface area contributed by atoms with Gasteiger partial charge in [-0.15, -0.1) is 0 Å². The van der Waals surface area contributed by atoms with E-state index in [2.05, 4.69) is 10.3 Å². The summed E-state index contributed by atoms with van der Waals surface area (Å²) in [5, 5.41) is 26.1. The maximum atomic E-state index is 11.2. The highest BCUT2D eigenvalue weighted by molar-refractivity contribution is 7.21. The first kappa shape index (κ1) is 19.2. The monoisotopic (exact) mass is 413 g/mol. The summed E-state index contributed by atoms with van der Waals surface area (Å²) in [6.45, 7) is 0.321. The maximum absolute atomic E-state index is 11.2. The lowest BCUT2D eigenvalue weighted by Crippen LogP contribution is -2.11. The van der Waals surface area contributed by atoms with E-state index in [4.69, 9.17) is 4.98 Å². The van der Waals surface area contributed by atoms with E-state index in [9.17, 15) is 20.2 Å². The molecule has 1 fully saturated rings. The molecule has 1 saturated carbocycles. The summed E-state index contributed by atoms with van der Waals surface area (Å²) in [4.78, 5) is 31.3. The Labute approximate surface area is 170 Å². The van der Waals surface area contributed by atoms with Gasteiger partial charge >= 0.3 is 5.00 Å². The van der Waals surface area contributed by atoms with Crippen LogP contribution in [0, 0.1) is 20.2 Å². The summed E-state index contributed by atoms with van der Waals surface area (Å²) < 4.78 is 0. The topological polar surface area (TPSA) is 124 Å². The lowest BCUT2D eigenvalue weighted by molar-refractivity contribution is -0.384. The van der Waals surface area contributed by atoms with Crippen LogP contribution in [-0.4, -0.2) is 19.8 Å². The highest BCUT2D eigenvalue weighted by Crippen LogP contribution is 2.37. The van der Waals surface area contributed by atoms with Gasteiger partial charge in [-0.1, -0.05) is 31.4 Å². The van der Waals surface area contributed by atoms with Gasteiger partial charge in [-0.3, -0.25) is 20.2 Å². The first-order chi connectivity index (χ1) is 14.0. The molecule has 0 aliphatic heterocycles. The Morgan fingerprint density at radius 2 is 1.86 bits per heavy atom. The molecule has 29 heavy (non-hydrogen) atoms. The van der Waals surface area contributed by atoms with Crippen LogP contribution in [0.15, 0.2) is 30.3 Å². The Hall–Kier alpha value is -3.14. The highest BCUT2D eigenvalue weighted by Gasteiger charge is 2.23. The van der Waals surface area contributed by atoms with Crippen molar-refractivity contribution in [1.82, 2.24) is 9.97 Å². The quantitative estimate of drug-likeness (QED) is 0.437. The normalized spacial score (nSPS) is 14.8. The van der Waals surface area contributed by atoms with Crippen LogP contribution >= 0.6 is 11.3 Å². The number of hydrogen-bond acceptors (Lipinski definition) is 8. The van der Waals surface area contributed by atoms with E-state index in [1.165, 1.54) is 24.6 Å². The summed E-state index contributed by atoms with van der Waals surface area (Å²) >= 11 is 1.05. The summed E-state index contributed by atoms with van der Waals surface area (Å²) in [6.07, 6.45) is 5.51. The Bertz CT molecular complexity index is 1080. The second-order valence-corrected chi connectivity index (χ2v) is 8.12. The molecule has 10 heteroatoms. The summed E-state index contributed by atoms with van der Waals surface area (Å²) in [6, 6.07) is 7.85. The molecule has 0 amide bonds. The van der Waals surface area contributed by atoms with Crippen molar-refractivity contribution in [2.45, 2.75) is 44.6 Å². The Morgan fingerprint density at radius 3 is 2.59 bits per heavy atom. The van der Waals surface area contributed by atoms with Crippen molar-refractivity contribution in [1.29, 1.82) is 0 Å². The van der Waals surface area contributed by atoms with Gasteiger partial charge in [-0.25, -0.2) is 9.97 Å². The Morgan fingerprint density at radius 1 is 1.07 bits per heavy atom. The van der Waals surface area contributed by atoms with Crippen molar-refractivity contribution in [2.75, 3.05) is 5.32 Å². The molecule has 0 bridgehead atoms. The zero-order valence-electron chi connectivity index (χ0n) is 15.5. The van der Waals surface area contributed by atoms with Gasteiger partial charge in [0, 0.05) is 30.7 Å². The van der Waals surface area contributed by atoms with Crippen LogP contribution in [0.3, 0.4) is 0 Å². The van der Waals surface area contributed by atoms with Gasteiger partial charge in [0.2, 0.25) is 0 Å². The second kappa shape index (κ2) is 8.08. The molecular formula is C19H19N5O4S. The number of benzene rings is 1. The molecule has 0 atom stereocenters. The fourth-order valence-electron chi connectivity index (χ4n) is 3.66. The van der Waals surface area contributed by atoms with E-state index >= 15 is 0 Å². The molecule has 4 rings (SSSR count). The van der Waals surface area contributed by atoms with Gasteiger partial charge in [0.25, 0.3) is 5.69 Å². The van der Waals surface area contributed by atoms with Crippen molar-refractivity contribution >= 4 is 38.1 Å². The van der Waals surface area contributed by atoms with Crippen molar-refractivity contribution < 1.29 is 9.85 Å². The predicted molar refractivity (Wildman–Crippen MR) is 110 cm³/mol. The number of nitrogens with zero attached hydrogens (tertiary/aromatic N) is 4. The maximum Gasteiger partial charge on any atom is 0.326 e. The third-order valence-electron chi connectivity index (χ3n) is 5.13. The van der Waals surface area contributed by atoms with Crippen molar-refractivity contribution in [3.05, 3.63) is 61.9 Å². The number of thiophene rings is 1. The van der Waals surface area contributed by atoms with Crippen LogP contribution in [0.4, 0.5) is 16.5 Å². The van der Waals surface area contributed by atoms with E-state index in [0.717, 1.165) is 48.4 Å². The third-order valence-corrected chi connectivity index (χ3v) is 6.11. The van der Waals surface area contributed by atoms with Crippen LogP contribution in [0.25, 0.3) is 10.2 Å². The first-order valence-electron chi connectivity index (χ1n) is 9.44. The first-order valence-corrected chi connectivity index (χ1v) is 10.3. The lowest BCUT2D eigenvalue weighted by atomic mass is 9.89. The number of fused-ring (bicyclic) bond motifs is 1. The largest absolute Gasteiger partial charge is 0.365 e. The standard InChI is InChI=1S/C19H19N5O4S/c25-23(26)14-8-4-5-12(9-14)11-20-18-15-10-16(24(27)28)29-19(15)22-17(21-18)13-6-2-1-3-7-13/h4-5,8-10,13H,1-3,6-7,11H2,(H,20,21,22). The minimum absolute atomic E-state index is 0.0196. The van der Waals surface area contributed by atoms with Gasteiger partial charge < -0.3 is 5.32 Å². The van der Waals surface area contributed by atoms with E-state index in [-0.39, 0.29) is 16.6 Å². The van der Waals surface area contributed by atoms with Gasteiger partial charge in [-0.05, 0) is 29.7 Å². The van der Waals surface area contributed by atoms with Crippen molar-refractivity contribution in [2.24, 2.45) is 0 Å². The minimum atomic E-state index is -0.435. The smallest absolute Gasteiger partial charge is 0.326 e. The number of nitrogens with one attached hydrogen (secondary N) is 1. The summed E-state index contributed by atoms with van der Waals surface area (Å²) in [5.41, 5.74) is 0.751. The molecule has 2 aromatic heterocycles. The molecule has 3 aromatic rings. The van der Waals surface area contributed by atoms with Gasteiger partial charge in [0.15, 0.2) is 0 Å². The molecular weight excluding hydrogens is 394 g/mol. The molecule has 0 unspecified atom stereocenters. The van der Waals surface area contributed by atoms with Crippen LogP contribution in [0.2, 0.25) is 0 Å². The molecule has 1 N–H and O–H groups in total. The van der Waals surface area contributed by atoms with Crippen molar-refractivity contribution in [3.8, 4) is 0 Å². The zero-order chi connectivity index (χ0) is 20.4. The summed E-state index contributed by atoms with van der Waals surface area (Å²) in [5.74, 6) is 1.51. The molecule has 1 aliphatic carbocycles. The van der Waals surface area contributed by atoms with Crippen LogP contribution < -0.4 is 5.32 Å². The summed E-state index contributed by atoms with van der Waals surface area (Å²) in [7, 11) is 0. The fraction of sp³-hybridized carbons (Fsp3) is 0.368. The average Bonchev–Trinajstić information content (AvgIpc) is 3.17. The Balaban J connectivity index is 1.68. The number of nitro benzene ring substituents is 1. The minimum Gasteiger partial charge on any atom is -0.365 e. The van der Waals surface area contributed by atoms with E-state index in [1.807, 2.05) is 0 Å². The lowest BCUT2D eigenvalue weighted by Gasteiger charge is -2.20. The number of non-ortho nitro benzene ring substituents is 1. The third kappa shape index (κ3) is 4.16. The Kier molecular flexibility index (Phi) is 5.34. The number of hydrogen-bond donors (Lipinski definition) is 1. The van der Waals surface area contributed by atoms with E-state index < -0.39 is 9.85 Å². The second-order valence-electron chi connectivity index (χ2n) is 7.11. The molecule has 150 valence electrons. The molecule has 9 nitrogen and oxygen atoms in total. The highest BCUT2D eigenvalue weighted by atomic mass is 32.1. The van der Waals surface area contributed by atoms with E-state index in [1.54, 1.807) is 12.1 Å². The molecule has 0 spiro atoms. The van der Waals surface area contributed by atoms with Gasteiger partial charge in [0.05, 0.1) is 15.2 Å². The van der Waals surface area contributed by atoms with Gasteiger partial charge in [-0.2, -0.15) is 0 Å². The SMILES string of the molecule is O=[N+]([O-])c1cccc(CNc2nc(C3CCCCC3)nc3sc([N+](=O)[O-])cc23)c1. The molecule has 2 heterocycles. The fourth-order valence-corrected chi connectivity index (χ4v) is 4.51. The number of nitro groups is 2. The molecule has 1 aromatic carbocycles. The molecule has 1 aliphatic rings. The average molecular weight is 413 g/mol. The number of anilines is 1. The van der Waals surface area contributed by atoms with Crippen LogP contribution in [0.1, 0.15) is 49.4 Å². The number of aromatic nitrogens is 2. The van der Waals surface area contributed by atoms with Gasteiger partial charge in [0.1, 0.15) is 16.5 Å². The molecule has 0 radical (unpaired) electrons. The zero-order valence-corrected chi connectivity index (χ0v) is 16.4. The predicted octanol–water partition coefficient (Wildman–Crippen LogP) is 5.17. The van der Waals surface area contributed by atoms with E-state index in [0.29, 0.717) is 22.6 Å². The molecule has 0 saturated heterocycles. The number of rotatable bonds is 6. The van der Waals surface area contributed by atoms with Crippen LogP contribution in [-0.2, 0) is 6.54 Å². The van der Waals surface area contributed by atoms with Crippen molar-refractivity contribution in [3.63, 3.8) is 0 Å². The van der Waals surface area contributed by atoms with Crippen LogP contribution in [0.5, 0.6) is 0 Å².